The molecule has 2 heterocycles. The van der Waals surface area contributed by atoms with Crippen LogP contribution in [0.4, 0.5) is 18.0 Å². The molecule has 182 valence electrons. The van der Waals surface area contributed by atoms with E-state index in [9.17, 15) is 18.0 Å². The Hall–Kier alpha value is -3.70. The maximum atomic E-state index is 12.5. The largest absolute Gasteiger partial charge is 0.573 e. The third kappa shape index (κ3) is 6.42. The van der Waals surface area contributed by atoms with Gasteiger partial charge in [0.05, 0.1) is 6.04 Å². The smallest absolute Gasteiger partial charge is 0.444 e. The van der Waals surface area contributed by atoms with E-state index < -0.39 is 29.8 Å². The number of nitrogens with zero attached hydrogens (tertiary/aromatic N) is 5. The Labute approximate surface area is 193 Å². The highest BCUT2D eigenvalue weighted by atomic mass is 19.4. The summed E-state index contributed by atoms with van der Waals surface area (Å²) in [7, 11) is 0. The molecule has 0 saturated heterocycles. The predicted octanol–water partition coefficient (Wildman–Crippen LogP) is 5.41. The lowest BCUT2D eigenvalue weighted by atomic mass is 10.2. The van der Waals surface area contributed by atoms with Gasteiger partial charge in [0, 0.05) is 18.3 Å². The number of rotatable bonds is 6. The van der Waals surface area contributed by atoms with Crippen LogP contribution >= 0.6 is 0 Å². The standard InChI is InChI=1S/C22H24F3N5O4/c1-6-30(20(31)33-21(3,4)5)13(2)17-28-19(34-29-17)16-10-11-26-18(27-16)14-8-7-9-15(12-14)32-22(23,24)25/h7-13H,6H2,1-5H3. The minimum absolute atomic E-state index is 0.0634. The van der Waals surface area contributed by atoms with Crippen molar-refractivity contribution < 1.29 is 32.0 Å². The van der Waals surface area contributed by atoms with E-state index in [2.05, 4.69) is 24.8 Å². The van der Waals surface area contributed by atoms with E-state index in [1.54, 1.807) is 40.7 Å². The van der Waals surface area contributed by atoms with Crippen LogP contribution in [0.5, 0.6) is 5.75 Å². The zero-order valence-electron chi connectivity index (χ0n) is 19.3. The first-order valence-electron chi connectivity index (χ1n) is 10.4. The van der Waals surface area contributed by atoms with Crippen molar-refractivity contribution in [2.75, 3.05) is 6.54 Å². The van der Waals surface area contributed by atoms with Crippen LogP contribution in [-0.4, -0.2) is 49.6 Å². The van der Waals surface area contributed by atoms with Gasteiger partial charge in [0.15, 0.2) is 11.6 Å². The number of halogens is 3. The van der Waals surface area contributed by atoms with Crippen LogP contribution in [-0.2, 0) is 4.74 Å². The molecule has 0 fully saturated rings. The molecule has 1 amide bonds. The number of carbonyl (C=O) groups excluding carboxylic acids is 1. The van der Waals surface area contributed by atoms with E-state index in [-0.39, 0.29) is 23.2 Å². The highest BCUT2D eigenvalue weighted by molar-refractivity contribution is 5.68. The second-order valence-electron chi connectivity index (χ2n) is 8.24. The maximum Gasteiger partial charge on any atom is 0.573 e. The summed E-state index contributed by atoms with van der Waals surface area (Å²) >= 11 is 0. The average Bonchev–Trinajstić information content (AvgIpc) is 3.22. The zero-order chi connectivity index (χ0) is 25.1. The summed E-state index contributed by atoms with van der Waals surface area (Å²) in [4.78, 5) is 26.7. The average molecular weight is 479 g/mol. The molecule has 1 aromatic carbocycles. The minimum Gasteiger partial charge on any atom is -0.444 e. The minimum atomic E-state index is -4.82. The summed E-state index contributed by atoms with van der Waals surface area (Å²) in [6.45, 7) is 9.21. The fourth-order valence-corrected chi connectivity index (χ4v) is 2.98. The number of hydrogen-bond acceptors (Lipinski definition) is 8. The normalized spacial score (nSPS) is 12.8. The quantitative estimate of drug-likeness (QED) is 0.462. The maximum absolute atomic E-state index is 12.5. The second-order valence-corrected chi connectivity index (χ2v) is 8.24. The second kappa shape index (κ2) is 9.65. The highest BCUT2D eigenvalue weighted by Crippen LogP contribution is 2.28. The van der Waals surface area contributed by atoms with Crippen LogP contribution in [0.3, 0.4) is 0 Å². The molecule has 0 radical (unpaired) electrons. The number of ether oxygens (including phenoxy) is 2. The van der Waals surface area contributed by atoms with Crippen molar-refractivity contribution in [3.8, 4) is 28.7 Å². The van der Waals surface area contributed by atoms with Gasteiger partial charge in [0.2, 0.25) is 0 Å². The lowest BCUT2D eigenvalue weighted by molar-refractivity contribution is -0.274. The molecule has 0 N–H and O–H groups in total. The molecule has 3 aromatic rings. The van der Waals surface area contributed by atoms with Gasteiger partial charge in [-0.25, -0.2) is 14.8 Å². The van der Waals surface area contributed by atoms with Crippen LogP contribution in [0.2, 0.25) is 0 Å². The van der Waals surface area contributed by atoms with E-state index in [1.807, 2.05) is 0 Å². The monoisotopic (exact) mass is 479 g/mol. The molecule has 0 saturated carbocycles. The Morgan fingerprint density at radius 2 is 1.91 bits per heavy atom. The summed E-state index contributed by atoms with van der Waals surface area (Å²) in [5.74, 6) is 0.0495. The van der Waals surface area contributed by atoms with Gasteiger partial charge in [-0.2, -0.15) is 4.98 Å². The van der Waals surface area contributed by atoms with E-state index in [0.29, 0.717) is 12.1 Å². The number of hydrogen-bond donors (Lipinski definition) is 0. The van der Waals surface area contributed by atoms with Gasteiger partial charge >= 0.3 is 12.5 Å². The summed E-state index contributed by atoms with van der Waals surface area (Å²) in [5.41, 5.74) is -0.0934. The highest BCUT2D eigenvalue weighted by Gasteiger charge is 2.31. The van der Waals surface area contributed by atoms with Gasteiger partial charge in [0.1, 0.15) is 17.0 Å². The van der Waals surface area contributed by atoms with Crippen molar-refractivity contribution in [2.45, 2.75) is 52.6 Å². The van der Waals surface area contributed by atoms with E-state index in [4.69, 9.17) is 9.26 Å². The molecular weight excluding hydrogens is 455 g/mol. The lowest BCUT2D eigenvalue weighted by Crippen LogP contribution is -2.38. The summed E-state index contributed by atoms with van der Waals surface area (Å²) in [6, 6.07) is 6.27. The van der Waals surface area contributed by atoms with Gasteiger partial charge in [0.25, 0.3) is 5.89 Å². The van der Waals surface area contributed by atoms with Crippen molar-refractivity contribution >= 4 is 6.09 Å². The fraction of sp³-hybridized carbons (Fsp3) is 0.409. The molecule has 0 aliphatic carbocycles. The van der Waals surface area contributed by atoms with Crippen LogP contribution < -0.4 is 4.74 Å². The third-order valence-electron chi connectivity index (χ3n) is 4.45. The number of carbonyl (C=O) groups is 1. The first-order valence-corrected chi connectivity index (χ1v) is 10.4. The Morgan fingerprint density at radius 3 is 2.56 bits per heavy atom. The molecular formula is C22H24F3N5O4. The number of aromatic nitrogens is 4. The molecule has 0 bridgehead atoms. The van der Waals surface area contributed by atoms with Crippen molar-refractivity contribution in [1.82, 2.24) is 25.0 Å². The molecule has 0 spiro atoms. The molecule has 1 atom stereocenters. The van der Waals surface area contributed by atoms with Gasteiger partial charge < -0.3 is 14.0 Å². The SMILES string of the molecule is CCN(C(=O)OC(C)(C)C)C(C)c1noc(-c2ccnc(-c3cccc(OC(F)(F)F)c3)n2)n1. The summed E-state index contributed by atoms with van der Waals surface area (Å²) in [6.07, 6.45) is -3.91. The molecule has 34 heavy (non-hydrogen) atoms. The number of benzene rings is 1. The fourth-order valence-electron chi connectivity index (χ4n) is 2.98. The Morgan fingerprint density at radius 1 is 1.18 bits per heavy atom. The van der Waals surface area contributed by atoms with E-state index >= 15 is 0 Å². The van der Waals surface area contributed by atoms with Gasteiger partial charge in [-0.3, -0.25) is 4.90 Å². The van der Waals surface area contributed by atoms with Crippen molar-refractivity contribution in [3.05, 3.63) is 42.4 Å². The van der Waals surface area contributed by atoms with Crippen molar-refractivity contribution in [3.63, 3.8) is 0 Å². The van der Waals surface area contributed by atoms with Crippen molar-refractivity contribution in [2.24, 2.45) is 0 Å². The Bertz CT molecular complexity index is 1140. The number of alkyl halides is 3. The van der Waals surface area contributed by atoms with Crippen LogP contribution in [0.15, 0.2) is 41.1 Å². The van der Waals surface area contributed by atoms with Gasteiger partial charge in [-0.1, -0.05) is 17.3 Å². The molecule has 1 unspecified atom stereocenters. The van der Waals surface area contributed by atoms with Gasteiger partial charge in [-0.05, 0) is 52.8 Å². The number of amides is 1. The van der Waals surface area contributed by atoms with E-state index in [1.165, 1.54) is 35.4 Å². The van der Waals surface area contributed by atoms with Gasteiger partial charge in [-0.15, -0.1) is 13.2 Å². The zero-order valence-corrected chi connectivity index (χ0v) is 19.3. The topological polar surface area (TPSA) is 103 Å². The van der Waals surface area contributed by atoms with Crippen LogP contribution in [0, 0.1) is 0 Å². The summed E-state index contributed by atoms with van der Waals surface area (Å²) in [5, 5.41) is 3.96. The Balaban J connectivity index is 1.83. The molecule has 2 aromatic heterocycles. The molecule has 12 heteroatoms. The first kappa shape index (κ1) is 24.9. The molecule has 3 rings (SSSR count). The third-order valence-corrected chi connectivity index (χ3v) is 4.45. The summed E-state index contributed by atoms with van der Waals surface area (Å²) < 4.78 is 52.3. The molecule has 9 nitrogen and oxygen atoms in total. The first-order chi connectivity index (χ1) is 15.9. The van der Waals surface area contributed by atoms with E-state index in [0.717, 1.165) is 0 Å². The Kier molecular flexibility index (Phi) is 7.08. The lowest BCUT2D eigenvalue weighted by Gasteiger charge is -2.29. The molecule has 0 aliphatic heterocycles. The molecule has 0 aliphatic rings. The predicted molar refractivity (Wildman–Crippen MR) is 114 cm³/mol. The van der Waals surface area contributed by atoms with Crippen LogP contribution in [0.1, 0.15) is 46.5 Å². The van der Waals surface area contributed by atoms with Crippen LogP contribution in [0.25, 0.3) is 23.0 Å². The van der Waals surface area contributed by atoms with Crippen molar-refractivity contribution in [1.29, 1.82) is 0 Å².